The quantitative estimate of drug-likeness (QED) is 0.129. The molecule has 1 aromatic heterocycles. The molecule has 0 saturated heterocycles. The number of aromatic nitrogens is 2. The third kappa shape index (κ3) is 16.5. The molecule has 0 aliphatic heterocycles. The molecule has 1 rings (SSSR count). The maximum Gasteiger partial charge on any atom is 0.328 e. The van der Waals surface area contributed by atoms with Crippen LogP contribution in [-0.4, -0.2) is 40.5 Å². The van der Waals surface area contributed by atoms with Gasteiger partial charge in [0, 0.05) is 19.9 Å². The van der Waals surface area contributed by atoms with Gasteiger partial charge in [0.15, 0.2) is 5.69 Å². The van der Waals surface area contributed by atoms with E-state index in [1.54, 1.807) is 0 Å². The summed E-state index contributed by atoms with van der Waals surface area (Å²) in [6.07, 6.45) is 33.6. The molecule has 0 aliphatic rings. The van der Waals surface area contributed by atoms with Crippen LogP contribution in [-0.2, 0) is 9.59 Å². The number of carboxylic acid groups (broad SMARTS) is 1. The molecule has 0 spiro atoms. The Hall–Kier alpha value is -4.27. The fraction of sp³-hybridized carbons (Fsp3) is 0.387. The number of allylic oxidation sites excluding steroid dienone is 12. The lowest BCUT2D eigenvalue weighted by molar-refractivity contribution is -0.613. The number of amides is 2. The molecule has 1 unspecified atom stereocenters. The molecule has 0 saturated carbocycles. The lowest BCUT2D eigenvalue weighted by Crippen LogP contribution is -2.48. The van der Waals surface area contributed by atoms with Gasteiger partial charge in [-0.1, -0.05) is 79.8 Å². The van der Waals surface area contributed by atoms with Crippen molar-refractivity contribution in [1.82, 2.24) is 15.6 Å². The molecular weight excluding hydrogens is 508 g/mol. The molecule has 1 atom stereocenters. The Morgan fingerprint density at radius 1 is 0.900 bits per heavy atom. The molecule has 0 aromatic carbocycles. The second-order valence-corrected chi connectivity index (χ2v) is 8.86. The molecule has 1 aromatic rings. The number of carbonyl (C=O) groups excluding carboxylic acids is 2. The van der Waals surface area contributed by atoms with E-state index in [1.807, 2.05) is 12.2 Å². The van der Waals surface area contributed by atoms with Gasteiger partial charge in [0.05, 0.1) is 6.20 Å². The van der Waals surface area contributed by atoms with E-state index in [1.165, 1.54) is 13.1 Å². The third-order valence-electron chi connectivity index (χ3n) is 5.44. The lowest BCUT2D eigenvalue weighted by atomic mass is 10.2. The van der Waals surface area contributed by atoms with Gasteiger partial charge in [-0.25, -0.2) is 9.78 Å². The standard InChI is InChI=1S/C31H42N4O5/c1-3-4-5-6-7-8-9-10-11-12-13-14-15-16-17-18-19-20-21-22-29(36)34-27(31(38)39)24-33-30(37)28-25-35(40)26(2)23-32-28/h4-5,7-8,10-11,13-14,16-17,19-20,23,25,27H,3,6,9,12,15,18,21-22,24H2,1-2H3,(H,33,37)(H,34,36)(H,38,39). The van der Waals surface area contributed by atoms with E-state index < -0.39 is 23.8 Å². The highest BCUT2D eigenvalue weighted by atomic mass is 16.5. The normalized spacial score (nSPS) is 12.9. The Balaban J connectivity index is 2.20. The molecule has 9 heteroatoms. The van der Waals surface area contributed by atoms with Gasteiger partial charge in [-0.2, -0.15) is 4.73 Å². The fourth-order valence-corrected chi connectivity index (χ4v) is 3.19. The Kier molecular flexibility index (Phi) is 18.3. The number of rotatable bonds is 19. The zero-order valence-corrected chi connectivity index (χ0v) is 23.5. The molecule has 216 valence electrons. The van der Waals surface area contributed by atoms with E-state index >= 15 is 0 Å². The highest BCUT2D eigenvalue weighted by Gasteiger charge is 2.21. The summed E-state index contributed by atoms with van der Waals surface area (Å²) in [5.74, 6) is -2.42. The van der Waals surface area contributed by atoms with Gasteiger partial charge in [0.2, 0.25) is 17.8 Å². The van der Waals surface area contributed by atoms with Crippen LogP contribution in [0.25, 0.3) is 0 Å². The van der Waals surface area contributed by atoms with E-state index in [-0.39, 0.29) is 18.7 Å². The van der Waals surface area contributed by atoms with Crippen LogP contribution < -0.4 is 15.4 Å². The predicted molar refractivity (Wildman–Crippen MR) is 157 cm³/mol. The maximum atomic E-state index is 12.1. The molecule has 2 amide bonds. The van der Waals surface area contributed by atoms with Gasteiger partial charge in [0.25, 0.3) is 5.91 Å². The number of aliphatic carboxylic acids is 1. The molecule has 40 heavy (non-hydrogen) atoms. The first kappa shape index (κ1) is 33.8. The Morgan fingerprint density at radius 2 is 1.40 bits per heavy atom. The lowest BCUT2D eigenvalue weighted by Gasteiger charge is -2.15. The number of nitrogens with one attached hydrogen (secondary N) is 2. The van der Waals surface area contributed by atoms with Gasteiger partial charge in [0.1, 0.15) is 6.04 Å². The minimum Gasteiger partial charge on any atom is -0.618 e. The predicted octanol–water partition coefficient (Wildman–Crippen LogP) is 4.80. The zero-order valence-electron chi connectivity index (χ0n) is 23.5. The molecule has 1 heterocycles. The molecule has 0 radical (unpaired) electrons. The van der Waals surface area contributed by atoms with E-state index in [4.69, 9.17) is 0 Å². The molecule has 0 bridgehead atoms. The van der Waals surface area contributed by atoms with Crippen LogP contribution in [0.3, 0.4) is 0 Å². The first-order valence-electron chi connectivity index (χ1n) is 13.6. The van der Waals surface area contributed by atoms with Gasteiger partial charge in [-0.3, -0.25) is 9.59 Å². The van der Waals surface area contributed by atoms with Crippen molar-refractivity contribution in [3.8, 4) is 0 Å². The summed E-state index contributed by atoms with van der Waals surface area (Å²) in [5.41, 5.74) is 0.174. The van der Waals surface area contributed by atoms with Crippen LogP contribution in [0.15, 0.2) is 85.3 Å². The summed E-state index contributed by atoms with van der Waals surface area (Å²) in [5, 5.41) is 25.7. The first-order valence-corrected chi connectivity index (χ1v) is 13.6. The van der Waals surface area contributed by atoms with Crippen molar-refractivity contribution in [3.05, 3.63) is 102 Å². The average molecular weight is 551 g/mol. The van der Waals surface area contributed by atoms with Crippen molar-refractivity contribution in [3.63, 3.8) is 0 Å². The summed E-state index contributed by atoms with van der Waals surface area (Å²) in [7, 11) is 0. The van der Waals surface area contributed by atoms with Crippen LogP contribution in [0.4, 0.5) is 0 Å². The Bertz CT molecular complexity index is 1100. The van der Waals surface area contributed by atoms with Gasteiger partial charge >= 0.3 is 5.97 Å². The van der Waals surface area contributed by atoms with Gasteiger partial charge in [-0.05, 0) is 44.9 Å². The van der Waals surface area contributed by atoms with Gasteiger partial charge in [-0.15, -0.1) is 0 Å². The van der Waals surface area contributed by atoms with Crippen LogP contribution >= 0.6 is 0 Å². The number of nitrogens with zero attached hydrogens (tertiary/aromatic N) is 2. The second-order valence-electron chi connectivity index (χ2n) is 8.86. The molecular formula is C31H42N4O5. The monoisotopic (exact) mass is 550 g/mol. The number of aryl methyl sites for hydroxylation is 1. The Labute approximate surface area is 237 Å². The topological polar surface area (TPSA) is 135 Å². The van der Waals surface area contributed by atoms with Crippen molar-refractivity contribution < 1.29 is 24.2 Å². The van der Waals surface area contributed by atoms with Crippen molar-refractivity contribution in [2.24, 2.45) is 0 Å². The Morgan fingerprint density at radius 3 is 1.88 bits per heavy atom. The van der Waals surface area contributed by atoms with Crippen molar-refractivity contribution in [2.75, 3.05) is 6.54 Å². The molecule has 0 aliphatic carbocycles. The van der Waals surface area contributed by atoms with E-state index in [0.717, 1.165) is 44.7 Å². The van der Waals surface area contributed by atoms with Crippen LogP contribution in [0, 0.1) is 12.1 Å². The van der Waals surface area contributed by atoms with Crippen molar-refractivity contribution in [1.29, 1.82) is 0 Å². The number of hydrogen-bond acceptors (Lipinski definition) is 5. The highest BCUT2D eigenvalue weighted by Crippen LogP contribution is 1.99. The molecule has 3 N–H and O–H groups in total. The van der Waals surface area contributed by atoms with Crippen molar-refractivity contribution in [2.45, 2.75) is 71.3 Å². The average Bonchev–Trinajstić information content (AvgIpc) is 2.93. The number of hydrogen-bond donors (Lipinski definition) is 3. The number of carboxylic acids is 1. The minimum absolute atomic E-state index is 0.121. The van der Waals surface area contributed by atoms with Crippen molar-refractivity contribution >= 4 is 17.8 Å². The highest BCUT2D eigenvalue weighted by molar-refractivity contribution is 5.92. The van der Waals surface area contributed by atoms with Crippen LogP contribution in [0.2, 0.25) is 0 Å². The van der Waals surface area contributed by atoms with E-state index in [2.05, 4.69) is 83.3 Å². The minimum atomic E-state index is -1.30. The van der Waals surface area contributed by atoms with E-state index in [9.17, 15) is 24.7 Å². The summed E-state index contributed by atoms with van der Waals surface area (Å²) in [6, 6.07) is -1.30. The summed E-state index contributed by atoms with van der Waals surface area (Å²) in [4.78, 5) is 39.6. The maximum absolute atomic E-state index is 12.1. The largest absolute Gasteiger partial charge is 0.618 e. The summed E-state index contributed by atoms with van der Waals surface area (Å²) < 4.78 is 0.494. The third-order valence-corrected chi connectivity index (χ3v) is 5.44. The van der Waals surface area contributed by atoms with Crippen LogP contribution in [0.5, 0.6) is 0 Å². The number of carbonyl (C=O) groups is 3. The smallest absolute Gasteiger partial charge is 0.328 e. The second kappa shape index (κ2) is 21.6. The van der Waals surface area contributed by atoms with Crippen LogP contribution in [0.1, 0.15) is 74.5 Å². The molecule has 0 fully saturated rings. The van der Waals surface area contributed by atoms with E-state index in [0.29, 0.717) is 16.8 Å². The molecule has 9 nitrogen and oxygen atoms in total. The fourth-order valence-electron chi connectivity index (χ4n) is 3.19. The first-order chi connectivity index (χ1) is 19.3. The zero-order chi connectivity index (χ0) is 29.4. The van der Waals surface area contributed by atoms with Gasteiger partial charge < -0.3 is 20.9 Å². The summed E-state index contributed by atoms with van der Waals surface area (Å²) >= 11 is 0. The summed E-state index contributed by atoms with van der Waals surface area (Å²) in [6.45, 7) is 3.33. The SMILES string of the molecule is CCC=CCC=CCC=CCC=CCC=CCC=CCCC(=O)NC(CNC(=O)c1c[n+]([O-])c(C)cn1)C(=O)O.